The summed E-state index contributed by atoms with van der Waals surface area (Å²) in [6.07, 6.45) is 2.75. The van der Waals surface area contributed by atoms with E-state index >= 15 is 0 Å². The maximum Gasteiger partial charge on any atom is 0.143 e. The van der Waals surface area contributed by atoms with Gasteiger partial charge in [0.15, 0.2) is 0 Å². The van der Waals surface area contributed by atoms with Crippen LogP contribution in [0.2, 0.25) is 0 Å². The maximum absolute atomic E-state index is 5.83. The van der Waals surface area contributed by atoms with Gasteiger partial charge in [0.25, 0.3) is 0 Å². The summed E-state index contributed by atoms with van der Waals surface area (Å²) in [4.78, 5) is 7.94. The minimum absolute atomic E-state index is 0.720. The van der Waals surface area contributed by atoms with Crippen LogP contribution in [0, 0.1) is 6.92 Å². The molecule has 0 saturated carbocycles. The Morgan fingerprint density at radius 3 is 2.94 bits per heavy atom. The van der Waals surface area contributed by atoms with Crippen molar-refractivity contribution in [2.45, 2.75) is 13.3 Å². The average molecular weight is 326 g/mol. The molecule has 5 heteroatoms. The number of pyridine rings is 1. The maximum atomic E-state index is 5.83. The number of rotatable bonds is 4. The molecule has 0 aliphatic rings. The molecule has 0 unspecified atom stereocenters. The van der Waals surface area contributed by atoms with Gasteiger partial charge in [-0.15, -0.1) is 11.3 Å². The fourth-order valence-corrected chi connectivity index (χ4v) is 3.02. The number of nitrogens with zero attached hydrogens (tertiary/aromatic N) is 2. The molecule has 0 aromatic carbocycles. The summed E-state index contributed by atoms with van der Waals surface area (Å²) < 4.78 is 0.983. The Kier molecular flexibility index (Phi) is 4.24. The van der Waals surface area contributed by atoms with Crippen molar-refractivity contribution in [2.24, 2.45) is 0 Å². The second-order valence-electron chi connectivity index (χ2n) is 4.23. The fraction of sp³-hybridized carbons (Fsp3) is 0.308. The highest BCUT2D eigenvalue weighted by Crippen LogP contribution is 2.29. The van der Waals surface area contributed by atoms with Crippen LogP contribution in [0.3, 0.4) is 0 Å². The lowest BCUT2D eigenvalue weighted by molar-refractivity contribution is 0.865. The van der Waals surface area contributed by atoms with Gasteiger partial charge in [0.1, 0.15) is 5.82 Å². The SMILES string of the molecule is Cc1c(N)cnc(N(C)CCc2cccs2)c1Br. The molecule has 18 heavy (non-hydrogen) atoms. The van der Waals surface area contributed by atoms with Crippen LogP contribution in [0.1, 0.15) is 10.4 Å². The van der Waals surface area contributed by atoms with Gasteiger partial charge in [-0.1, -0.05) is 6.07 Å². The normalized spacial score (nSPS) is 10.6. The van der Waals surface area contributed by atoms with E-state index in [0.29, 0.717) is 0 Å². The van der Waals surface area contributed by atoms with Gasteiger partial charge in [0.2, 0.25) is 0 Å². The van der Waals surface area contributed by atoms with Crippen LogP contribution in [-0.2, 0) is 6.42 Å². The third-order valence-electron chi connectivity index (χ3n) is 2.92. The molecule has 0 fully saturated rings. The van der Waals surface area contributed by atoms with Gasteiger partial charge in [0, 0.05) is 18.5 Å². The highest BCUT2D eigenvalue weighted by molar-refractivity contribution is 9.10. The highest BCUT2D eigenvalue weighted by Gasteiger charge is 2.11. The Labute approximate surface area is 120 Å². The second-order valence-corrected chi connectivity index (χ2v) is 6.05. The zero-order valence-corrected chi connectivity index (χ0v) is 12.9. The van der Waals surface area contributed by atoms with Crippen LogP contribution in [-0.4, -0.2) is 18.6 Å². The molecular formula is C13H16BrN3S. The number of anilines is 2. The van der Waals surface area contributed by atoms with Crippen molar-refractivity contribution < 1.29 is 0 Å². The van der Waals surface area contributed by atoms with Gasteiger partial charge in [-0.05, 0) is 46.3 Å². The number of nitrogen functional groups attached to an aromatic ring is 1. The predicted octanol–water partition coefficient (Wildman–Crippen LogP) is 3.48. The largest absolute Gasteiger partial charge is 0.397 e. The van der Waals surface area contributed by atoms with Crippen LogP contribution in [0.15, 0.2) is 28.2 Å². The van der Waals surface area contributed by atoms with E-state index in [4.69, 9.17) is 5.73 Å². The van der Waals surface area contributed by atoms with E-state index < -0.39 is 0 Å². The van der Waals surface area contributed by atoms with Crippen LogP contribution >= 0.6 is 27.3 Å². The van der Waals surface area contributed by atoms with Crippen LogP contribution in [0.25, 0.3) is 0 Å². The van der Waals surface area contributed by atoms with E-state index in [0.717, 1.165) is 34.5 Å². The molecule has 2 heterocycles. The Morgan fingerprint density at radius 1 is 1.50 bits per heavy atom. The molecule has 0 amide bonds. The Morgan fingerprint density at radius 2 is 2.28 bits per heavy atom. The first-order chi connectivity index (χ1) is 8.59. The molecule has 3 nitrogen and oxygen atoms in total. The molecule has 0 aliphatic carbocycles. The molecule has 0 saturated heterocycles. The van der Waals surface area contributed by atoms with Gasteiger partial charge < -0.3 is 10.6 Å². The second kappa shape index (κ2) is 5.71. The first kappa shape index (κ1) is 13.4. The molecule has 96 valence electrons. The lowest BCUT2D eigenvalue weighted by Gasteiger charge is -2.20. The number of halogens is 1. The van der Waals surface area contributed by atoms with Gasteiger partial charge >= 0.3 is 0 Å². The number of thiophene rings is 1. The van der Waals surface area contributed by atoms with Crippen LogP contribution in [0.5, 0.6) is 0 Å². The van der Waals surface area contributed by atoms with Crippen molar-refractivity contribution in [3.63, 3.8) is 0 Å². The van der Waals surface area contributed by atoms with Crippen LogP contribution in [0.4, 0.5) is 11.5 Å². The van der Waals surface area contributed by atoms with Gasteiger partial charge in [-0.25, -0.2) is 4.98 Å². The Hall–Kier alpha value is -1.07. The molecule has 0 bridgehead atoms. The van der Waals surface area contributed by atoms with Crippen molar-refractivity contribution >= 4 is 38.8 Å². The van der Waals surface area contributed by atoms with Gasteiger partial charge in [-0.3, -0.25) is 0 Å². The standard InChI is InChI=1S/C13H16BrN3S/c1-9-11(15)8-16-13(12(9)14)17(2)6-5-10-4-3-7-18-10/h3-4,7-8H,5-6,15H2,1-2H3. The van der Waals surface area contributed by atoms with E-state index in [1.807, 2.05) is 6.92 Å². The van der Waals surface area contributed by atoms with Gasteiger partial charge in [0.05, 0.1) is 16.4 Å². The Bertz CT molecular complexity index is 525. The molecule has 2 rings (SSSR count). The average Bonchev–Trinajstić information content (AvgIpc) is 2.86. The van der Waals surface area contributed by atoms with Crippen molar-refractivity contribution in [1.29, 1.82) is 0 Å². The van der Waals surface area contributed by atoms with E-state index in [9.17, 15) is 0 Å². The summed E-state index contributed by atoms with van der Waals surface area (Å²) in [5.41, 5.74) is 7.60. The first-order valence-electron chi connectivity index (χ1n) is 5.73. The molecular weight excluding hydrogens is 310 g/mol. The summed E-state index contributed by atoms with van der Waals surface area (Å²) >= 11 is 5.36. The van der Waals surface area contributed by atoms with Crippen molar-refractivity contribution in [3.8, 4) is 0 Å². The smallest absolute Gasteiger partial charge is 0.143 e. The quantitative estimate of drug-likeness (QED) is 0.935. The van der Waals surface area contributed by atoms with Gasteiger partial charge in [-0.2, -0.15) is 0 Å². The molecule has 2 aromatic heterocycles. The molecule has 0 radical (unpaired) electrons. The fourth-order valence-electron chi connectivity index (χ4n) is 1.68. The third-order valence-corrected chi connectivity index (χ3v) is 4.81. The first-order valence-corrected chi connectivity index (χ1v) is 7.41. The topological polar surface area (TPSA) is 42.1 Å². The van der Waals surface area contributed by atoms with Crippen molar-refractivity contribution in [3.05, 3.63) is 38.6 Å². The van der Waals surface area contributed by atoms with E-state index in [-0.39, 0.29) is 0 Å². The van der Waals surface area contributed by atoms with E-state index in [2.05, 4.69) is 50.4 Å². The van der Waals surface area contributed by atoms with E-state index in [1.165, 1.54) is 4.88 Å². The summed E-state index contributed by atoms with van der Waals surface area (Å²) in [5, 5.41) is 2.11. The Balaban J connectivity index is 2.09. The minimum atomic E-state index is 0.720. The summed E-state index contributed by atoms with van der Waals surface area (Å²) in [6, 6.07) is 4.25. The lowest BCUT2D eigenvalue weighted by atomic mass is 10.2. The molecule has 0 aliphatic heterocycles. The highest BCUT2D eigenvalue weighted by atomic mass is 79.9. The monoisotopic (exact) mass is 325 g/mol. The number of hydrogen-bond donors (Lipinski definition) is 1. The molecule has 2 N–H and O–H groups in total. The number of hydrogen-bond acceptors (Lipinski definition) is 4. The van der Waals surface area contributed by atoms with E-state index in [1.54, 1.807) is 17.5 Å². The number of likely N-dealkylation sites (N-methyl/N-ethyl adjacent to an activating group) is 1. The van der Waals surface area contributed by atoms with Crippen molar-refractivity contribution in [1.82, 2.24) is 4.98 Å². The third kappa shape index (κ3) is 2.84. The summed E-state index contributed by atoms with van der Waals surface area (Å²) in [5.74, 6) is 0.943. The lowest BCUT2D eigenvalue weighted by Crippen LogP contribution is -2.22. The van der Waals surface area contributed by atoms with Crippen molar-refractivity contribution in [2.75, 3.05) is 24.2 Å². The summed E-state index contributed by atoms with van der Waals surface area (Å²) in [6.45, 7) is 2.94. The van der Waals surface area contributed by atoms with Crippen LogP contribution < -0.4 is 10.6 Å². The molecule has 0 atom stereocenters. The molecule has 0 spiro atoms. The zero-order valence-electron chi connectivity index (χ0n) is 10.5. The number of aromatic nitrogens is 1. The number of nitrogens with two attached hydrogens (primary N) is 1. The predicted molar refractivity (Wildman–Crippen MR) is 82.4 cm³/mol. The summed E-state index contributed by atoms with van der Waals surface area (Å²) in [7, 11) is 2.05. The minimum Gasteiger partial charge on any atom is -0.397 e. The zero-order chi connectivity index (χ0) is 13.1. The molecule has 2 aromatic rings.